The van der Waals surface area contributed by atoms with Gasteiger partial charge < -0.3 is 15.0 Å². The van der Waals surface area contributed by atoms with Crippen molar-refractivity contribution in [2.24, 2.45) is 0 Å². The lowest BCUT2D eigenvalue weighted by molar-refractivity contribution is 0.0531. The van der Waals surface area contributed by atoms with Crippen molar-refractivity contribution in [3.63, 3.8) is 0 Å². The van der Waals surface area contributed by atoms with E-state index in [0.717, 1.165) is 0 Å². The summed E-state index contributed by atoms with van der Waals surface area (Å²) in [7, 11) is 0. The van der Waals surface area contributed by atoms with Crippen molar-refractivity contribution in [2.75, 3.05) is 6.61 Å². The molecule has 0 radical (unpaired) electrons. The van der Waals surface area contributed by atoms with Crippen molar-refractivity contribution in [3.8, 4) is 0 Å². The number of rotatable bonds is 5. The molecule has 1 aliphatic carbocycles. The quantitative estimate of drug-likeness (QED) is 0.745. The van der Waals surface area contributed by atoms with Gasteiger partial charge in [0, 0.05) is 6.04 Å². The molecule has 2 aromatic heterocycles. The summed E-state index contributed by atoms with van der Waals surface area (Å²) in [6.07, 6.45) is 8.79. The predicted octanol–water partition coefficient (Wildman–Crippen LogP) is 4.23. The van der Waals surface area contributed by atoms with Crippen LogP contribution in [0.25, 0.3) is 10.2 Å². The fourth-order valence-corrected chi connectivity index (χ4v) is 4.89. The predicted molar refractivity (Wildman–Crippen MR) is 109 cm³/mol. The van der Waals surface area contributed by atoms with E-state index >= 15 is 0 Å². The number of fused-ring (bicyclic) bond motifs is 1. The number of aromatic nitrogens is 2. The summed E-state index contributed by atoms with van der Waals surface area (Å²) in [6, 6.07) is 0.418. The third-order valence-electron chi connectivity index (χ3n) is 5.28. The number of nitrogens with one attached hydrogen (secondary N) is 2. The molecule has 148 valence electrons. The fourth-order valence-electron chi connectivity index (χ4n) is 3.81. The van der Waals surface area contributed by atoms with E-state index < -0.39 is 0 Å². The monoisotopic (exact) mass is 391 g/mol. The number of H-pyrrole nitrogens is 1. The molecule has 0 saturated heterocycles. The summed E-state index contributed by atoms with van der Waals surface area (Å²) in [5.41, 5.74) is 0.458. The lowest BCUT2D eigenvalue weighted by atomic mass is 9.96. The molecule has 27 heavy (non-hydrogen) atoms. The lowest BCUT2D eigenvalue weighted by Gasteiger charge is -2.24. The summed E-state index contributed by atoms with van der Waals surface area (Å²) < 4.78 is 5.10. The van der Waals surface area contributed by atoms with E-state index in [9.17, 15) is 9.59 Å². The van der Waals surface area contributed by atoms with E-state index in [0.29, 0.717) is 39.1 Å². The molecule has 2 aromatic rings. The molecule has 0 aliphatic heterocycles. The Hall–Kier alpha value is -1.73. The van der Waals surface area contributed by atoms with Crippen LogP contribution in [0.2, 0.25) is 0 Å². The van der Waals surface area contributed by atoms with Crippen molar-refractivity contribution in [1.82, 2.24) is 15.3 Å². The molecule has 0 unspecified atom stereocenters. The Balaban J connectivity index is 1.84. The van der Waals surface area contributed by atoms with Crippen LogP contribution in [0.1, 0.15) is 85.9 Å². The van der Waals surface area contributed by atoms with Gasteiger partial charge in [-0.15, -0.1) is 11.3 Å². The maximum atomic E-state index is 12.6. The van der Waals surface area contributed by atoms with Gasteiger partial charge in [-0.2, -0.15) is 0 Å². The maximum absolute atomic E-state index is 12.6. The smallest absolute Gasteiger partial charge is 0.348 e. The molecule has 3 rings (SSSR count). The molecule has 0 aromatic carbocycles. The largest absolute Gasteiger partial charge is 0.462 e. The molecule has 2 heterocycles. The van der Waals surface area contributed by atoms with Gasteiger partial charge in [0.15, 0.2) is 0 Å². The molecule has 2 N–H and O–H groups in total. The first-order valence-electron chi connectivity index (χ1n) is 9.97. The number of aryl methyl sites for hydroxylation is 1. The Bertz CT molecular complexity index is 850. The standard InChI is InChI=1S/C20H29N3O3S/c1-4-26-20(25)16-12(2)15-18(24)22-17(23-19(15)27-16)13(3)21-14-10-8-6-5-7-9-11-14/h13-14,21H,4-11H2,1-3H3,(H,22,23,24)/t13-/m1/s1. The van der Waals surface area contributed by atoms with E-state index in [4.69, 9.17) is 4.74 Å². The van der Waals surface area contributed by atoms with E-state index in [1.165, 1.54) is 56.3 Å². The van der Waals surface area contributed by atoms with Crippen molar-refractivity contribution >= 4 is 27.5 Å². The van der Waals surface area contributed by atoms with Crippen LogP contribution in [0.3, 0.4) is 0 Å². The van der Waals surface area contributed by atoms with Crippen LogP contribution < -0.4 is 10.9 Å². The second-order valence-corrected chi connectivity index (χ2v) is 8.34. The van der Waals surface area contributed by atoms with Crippen LogP contribution in [0.5, 0.6) is 0 Å². The Labute approximate surface area is 163 Å². The van der Waals surface area contributed by atoms with Crippen LogP contribution in [0.4, 0.5) is 0 Å². The lowest BCUT2D eigenvalue weighted by Crippen LogP contribution is -2.33. The van der Waals surface area contributed by atoms with Crippen LogP contribution in [-0.4, -0.2) is 28.6 Å². The number of esters is 1. The molecule has 1 saturated carbocycles. The molecular formula is C20H29N3O3S. The van der Waals surface area contributed by atoms with Gasteiger partial charge in [-0.05, 0) is 39.2 Å². The average Bonchev–Trinajstić information content (AvgIpc) is 2.94. The van der Waals surface area contributed by atoms with Gasteiger partial charge in [-0.25, -0.2) is 9.78 Å². The minimum Gasteiger partial charge on any atom is -0.462 e. The first kappa shape index (κ1) is 20.0. The number of hydrogen-bond acceptors (Lipinski definition) is 6. The molecule has 1 atom stereocenters. The maximum Gasteiger partial charge on any atom is 0.348 e. The van der Waals surface area contributed by atoms with Crippen molar-refractivity contribution in [1.29, 1.82) is 0 Å². The topological polar surface area (TPSA) is 84.1 Å². The zero-order valence-corrected chi connectivity index (χ0v) is 17.2. The summed E-state index contributed by atoms with van der Waals surface area (Å²) >= 11 is 1.24. The summed E-state index contributed by atoms with van der Waals surface area (Å²) in [5, 5.41) is 4.13. The zero-order valence-electron chi connectivity index (χ0n) is 16.4. The van der Waals surface area contributed by atoms with Gasteiger partial charge in [0.25, 0.3) is 5.56 Å². The third-order valence-corrected chi connectivity index (χ3v) is 6.45. The highest BCUT2D eigenvalue weighted by atomic mass is 32.1. The summed E-state index contributed by atoms with van der Waals surface area (Å²) in [6.45, 7) is 5.89. The van der Waals surface area contributed by atoms with Gasteiger partial charge in [0.2, 0.25) is 0 Å². The van der Waals surface area contributed by atoms with Crippen molar-refractivity contribution in [3.05, 3.63) is 26.6 Å². The first-order chi connectivity index (χ1) is 13.0. The molecule has 1 aliphatic rings. The number of nitrogens with zero attached hydrogens (tertiary/aromatic N) is 1. The van der Waals surface area contributed by atoms with E-state index in [-0.39, 0.29) is 17.6 Å². The second-order valence-electron chi connectivity index (χ2n) is 7.34. The Morgan fingerprint density at radius 1 is 1.30 bits per heavy atom. The highest BCUT2D eigenvalue weighted by Gasteiger charge is 2.22. The Morgan fingerprint density at radius 2 is 1.96 bits per heavy atom. The van der Waals surface area contributed by atoms with Crippen LogP contribution in [0.15, 0.2) is 4.79 Å². The first-order valence-corrected chi connectivity index (χ1v) is 10.8. The second kappa shape index (κ2) is 8.97. The highest BCUT2D eigenvalue weighted by Crippen LogP contribution is 2.28. The molecular weight excluding hydrogens is 362 g/mol. The van der Waals surface area contributed by atoms with Crippen LogP contribution in [-0.2, 0) is 4.74 Å². The summed E-state index contributed by atoms with van der Waals surface area (Å²) in [5.74, 6) is 0.242. The highest BCUT2D eigenvalue weighted by molar-refractivity contribution is 7.20. The van der Waals surface area contributed by atoms with Gasteiger partial charge in [0.05, 0.1) is 18.0 Å². The molecule has 0 spiro atoms. The fraction of sp³-hybridized carbons (Fsp3) is 0.650. The van der Waals surface area contributed by atoms with Gasteiger partial charge >= 0.3 is 5.97 Å². The molecule has 7 heteroatoms. The molecule has 0 bridgehead atoms. The van der Waals surface area contributed by atoms with E-state index in [1.54, 1.807) is 13.8 Å². The Morgan fingerprint density at radius 3 is 2.63 bits per heavy atom. The van der Waals surface area contributed by atoms with Gasteiger partial charge in [-0.3, -0.25) is 4.79 Å². The zero-order chi connectivity index (χ0) is 19.4. The number of carbonyl (C=O) groups is 1. The number of hydrogen-bond donors (Lipinski definition) is 2. The molecule has 1 fully saturated rings. The summed E-state index contributed by atoms with van der Waals surface area (Å²) in [4.78, 5) is 33.4. The SMILES string of the molecule is CCOC(=O)c1sc2nc([C@@H](C)NC3CCCCCCC3)[nH]c(=O)c2c1C. The van der Waals surface area contributed by atoms with Crippen molar-refractivity contribution < 1.29 is 9.53 Å². The number of aromatic amines is 1. The Kier molecular flexibility index (Phi) is 6.65. The average molecular weight is 392 g/mol. The number of thiophene rings is 1. The number of carbonyl (C=O) groups excluding carboxylic acids is 1. The normalized spacial score (nSPS) is 17.4. The molecule has 6 nitrogen and oxygen atoms in total. The van der Waals surface area contributed by atoms with E-state index in [2.05, 4.69) is 15.3 Å². The minimum atomic E-state index is -0.389. The minimum absolute atomic E-state index is 0.0417. The van der Waals surface area contributed by atoms with Crippen molar-refractivity contribution in [2.45, 2.75) is 77.8 Å². The third kappa shape index (κ3) is 4.58. The van der Waals surface area contributed by atoms with E-state index in [1.807, 2.05) is 6.92 Å². The van der Waals surface area contributed by atoms with Crippen LogP contribution in [0, 0.1) is 6.92 Å². The van der Waals surface area contributed by atoms with Gasteiger partial charge in [0.1, 0.15) is 15.5 Å². The number of ether oxygens (including phenoxy) is 1. The van der Waals surface area contributed by atoms with Crippen LogP contribution >= 0.6 is 11.3 Å². The molecule has 0 amide bonds. The van der Waals surface area contributed by atoms with Gasteiger partial charge in [-0.1, -0.05) is 32.1 Å².